The number of hydrogen-bond donors (Lipinski definition) is 2. The summed E-state index contributed by atoms with van der Waals surface area (Å²) in [6.45, 7) is 1.72. The molecule has 1 aromatic heterocycles. The van der Waals surface area contributed by atoms with Crippen LogP contribution < -0.4 is 10.9 Å². The lowest BCUT2D eigenvalue weighted by atomic mass is 10.1. The number of aromatic nitrogens is 2. The largest absolute Gasteiger partial charge is 0.326 e. The molecule has 0 radical (unpaired) electrons. The minimum absolute atomic E-state index is 0.0278. The van der Waals surface area contributed by atoms with Gasteiger partial charge in [-0.3, -0.25) is 24.8 Å². The molecule has 1 amide bonds. The predicted octanol–water partition coefficient (Wildman–Crippen LogP) is 3.09. The summed E-state index contributed by atoms with van der Waals surface area (Å²) in [5.41, 5.74) is 1.42. The van der Waals surface area contributed by atoms with Crippen molar-refractivity contribution in [2.75, 3.05) is 5.32 Å². The molecule has 2 aromatic carbocycles. The van der Waals surface area contributed by atoms with Gasteiger partial charge in [0.2, 0.25) is 5.91 Å². The second-order valence-corrected chi connectivity index (χ2v) is 6.19. The third-order valence-corrected chi connectivity index (χ3v) is 4.22. The number of amides is 1. The number of aromatic amines is 1. The third-order valence-electron chi connectivity index (χ3n) is 4.22. The van der Waals surface area contributed by atoms with Gasteiger partial charge in [0.25, 0.3) is 11.2 Å². The Kier molecular flexibility index (Phi) is 5.35. The molecule has 0 atom stereocenters. The van der Waals surface area contributed by atoms with Gasteiger partial charge in [-0.15, -0.1) is 0 Å². The fourth-order valence-electron chi connectivity index (χ4n) is 2.81. The van der Waals surface area contributed by atoms with E-state index in [2.05, 4.69) is 10.4 Å². The molecule has 144 valence electrons. The molecule has 0 saturated heterocycles. The van der Waals surface area contributed by atoms with Gasteiger partial charge in [-0.25, -0.2) is 9.07 Å². The van der Waals surface area contributed by atoms with Crippen LogP contribution in [0.15, 0.2) is 53.3 Å². The van der Waals surface area contributed by atoms with Crippen LogP contribution in [0.1, 0.15) is 17.7 Å². The second kappa shape index (κ2) is 7.87. The van der Waals surface area contributed by atoms with Gasteiger partial charge in [0.1, 0.15) is 5.82 Å². The lowest BCUT2D eigenvalue weighted by molar-refractivity contribution is -0.384. The van der Waals surface area contributed by atoms with Crippen molar-refractivity contribution in [3.8, 4) is 5.69 Å². The topological polar surface area (TPSA) is 110 Å². The van der Waals surface area contributed by atoms with E-state index >= 15 is 0 Å². The molecule has 28 heavy (non-hydrogen) atoms. The van der Waals surface area contributed by atoms with E-state index in [1.807, 2.05) is 0 Å². The first-order valence-electron chi connectivity index (χ1n) is 8.46. The average Bonchev–Trinajstić information content (AvgIpc) is 2.95. The van der Waals surface area contributed by atoms with Gasteiger partial charge in [-0.05, 0) is 43.7 Å². The van der Waals surface area contributed by atoms with Crippen LogP contribution in [0.25, 0.3) is 5.69 Å². The second-order valence-electron chi connectivity index (χ2n) is 6.19. The summed E-state index contributed by atoms with van der Waals surface area (Å²) in [6.07, 6.45) is 0.218. The van der Waals surface area contributed by atoms with Gasteiger partial charge in [0, 0.05) is 35.5 Å². The Morgan fingerprint density at radius 1 is 1.25 bits per heavy atom. The van der Waals surface area contributed by atoms with Gasteiger partial charge >= 0.3 is 0 Å². The highest BCUT2D eigenvalue weighted by atomic mass is 19.1. The Morgan fingerprint density at radius 2 is 1.96 bits per heavy atom. The van der Waals surface area contributed by atoms with Crippen molar-refractivity contribution in [1.82, 2.24) is 9.78 Å². The highest BCUT2D eigenvalue weighted by molar-refractivity contribution is 5.91. The van der Waals surface area contributed by atoms with E-state index in [1.165, 1.54) is 47.1 Å². The number of benzene rings is 2. The summed E-state index contributed by atoms with van der Waals surface area (Å²) in [6, 6.07) is 11.1. The number of H-pyrrole nitrogens is 1. The first-order chi connectivity index (χ1) is 13.3. The maximum absolute atomic E-state index is 13.1. The Balaban J connectivity index is 1.70. The Labute approximate surface area is 158 Å². The highest BCUT2D eigenvalue weighted by Crippen LogP contribution is 2.17. The number of nitro groups is 1. The molecule has 0 aliphatic rings. The minimum atomic E-state index is -0.545. The van der Waals surface area contributed by atoms with Crippen molar-refractivity contribution in [3.63, 3.8) is 0 Å². The number of halogens is 1. The summed E-state index contributed by atoms with van der Waals surface area (Å²) < 4.78 is 14.4. The zero-order valence-electron chi connectivity index (χ0n) is 14.9. The molecule has 3 rings (SSSR count). The molecule has 0 fully saturated rings. The van der Waals surface area contributed by atoms with Crippen LogP contribution in [0.2, 0.25) is 0 Å². The SMILES string of the molecule is Cc1[nH]n(-c2ccc(F)cc2)c(=O)c1CCC(=O)Nc1cccc([N+](=O)[O-])c1. The lowest BCUT2D eigenvalue weighted by Gasteiger charge is -2.04. The zero-order chi connectivity index (χ0) is 20.3. The number of carbonyl (C=O) groups excluding carboxylic acids is 1. The van der Waals surface area contributed by atoms with Gasteiger partial charge in [0.05, 0.1) is 10.6 Å². The van der Waals surface area contributed by atoms with Crippen molar-refractivity contribution in [2.45, 2.75) is 19.8 Å². The van der Waals surface area contributed by atoms with Crippen molar-refractivity contribution in [1.29, 1.82) is 0 Å². The van der Waals surface area contributed by atoms with Crippen molar-refractivity contribution in [3.05, 3.63) is 86.1 Å². The van der Waals surface area contributed by atoms with Crippen LogP contribution >= 0.6 is 0 Å². The number of hydrogen-bond acceptors (Lipinski definition) is 4. The van der Waals surface area contributed by atoms with E-state index in [4.69, 9.17) is 0 Å². The molecule has 0 bridgehead atoms. The quantitative estimate of drug-likeness (QED) is 0.503. The fourth-order valence-corrected chi connectivity index (χ4v) is 2.81. The van der Waals surface area contributed by atoms with Crippen LogP contribution in [0, 0.1) is 22.9 Å². The monoisotopic (exact) mass is 384 g/mol. The van der Waals surface area contributed by atoms with E-state index in [1.54, 1.807) is 13.0 Å². The zero-order valence-corrected chi connectivity index (χ0v) is 14.9. The molecule has 2 N–H and O–H groups in total. The predicted molar refractivity (Wildman–Crippen MR) is 101 cm³/mol. The summed E-state index contributed by atoms with van der Waals surface area (Å²) in [5.74, 6) is -0.771. The van der Waals surface area contributed by atoms with E-state index in [0.29, 0.717) is 22.6 Å². The summed E-state index contributed by atoms with van der Waals surface area (Å²) in [5, 5.41) is 16.3. The van der Waals surface area contributed by atoms with Crippen LogP contribution in [-0.2, 0) is 11.2 Å². The maximum atomic E-state index is 13.1. The Bertz CT molecular complexity index is 1090. The fraction of sp³-hybridized carbons (Fsp3) is 0.158. The first kappa shape index (κ1) is 19.0. The number of nitro benzene ring substituents is 1. The van der Waals surface area contributed by atoms with E-state index in [0.717, 1.165) is 0 Å². The van der Waals surface area contributed by atoms with E-state index in [9.17, 15) is 24.1 Å². The van der Waals surface area contributed by atoms with Gasteiger partial charge in [-0.1, -0.05) is 6.07 Å². The summed E-state index contributed by atoms with van der Waals surface area (Å²) in [7, 11) is 0. The van der Waals surface area contributed by atoms with Crippen molar-refractivity contribution >= 4 is 17.3 Å². The highest BCUT2D eigenvalue weighted by Gasteiger charge is 2.15. The number of nitrogens with one attached hydrogen (secondary N) is 2. The molecule has 1 heterocycles. The Morgan fingerprint density at radius 3 is 2.64 bits per heavy atom. The molecule has 0 unspecified atom stereocenters. The molecule has 0 aliphatic carbocycles. The molecule has 0 aliphatic heterocycles. The maximum Gasteiger partial charge on any atom is 0.274 e. The number of aryl methyl sites for hydroxylation is 1. The van der Waals surface area contributed by atoms with Crippen molar-refractivity contribution in [2.24, 2.45) is 0 Å². The molecule has 8 nitrogen and oxygen atoms in total. The third kappa shape index (κ3) is 4.14. The number of nitrogens with zero attached hydrogens (tertiary/aromatic N) is 2. The molecular weight excluding hydrogens is 367 g/mol. The number of anilines is 1. The minimum Gasteiger partial charge on any atom is -0.326 e. The number of carbonyl (C=O) groups is 1. The normalized spacial score (nSPS) is 10.6. The molecule has 0 spiro atoms. The number of rotatable bonds is 6. The van der Waals surface area contributed by atoms with Crippen LogP contribution in [0.4, 0.5) is 15.8 Å². The van der Waals surface area contributed by atoms with Gasteiger partial charge < -0.3 is 5.32 Å². The van der Waals surface area contributed by atoms with E-state index in [-0.39, 0.29) is 30.0 Å². The molecule has 0 saturated carbocycles. The molecular formula is C19H17FN4O4. The molecule has 3 aromatic rings. The molecule has 9 heteroatoms. The number of non-ortho nitro benzene ring substituents is 1. The smallest absolute Gasteiger partial charge is 0.274 e. The summed E-state index contributed by atoms with van der Waals surface area (Å²) >= 11 is 0. The summed E-state index contributed by atoms with van der Waals surface area (Å²) in [4.78, 5) is 35.0. The van der Waals surface area contributed by atoms with Gasteiger partial charge in [0.15, 0.2) is 0 Å². The van der Waals surface area contributed by atoms with Crippen LogP contribution in [0.3, 0.4) is 0 Å². The van der Waals surface area contributed by atoms with E-state index < -0.39 is 10.7 Å². The van der Waals surface area contributed by atoms with Gasteiger partial charge in [-0.2, -0.15) is 0 Å². The lowest BCUT2D eigenvalue weighted by Crippen LogP contribution is -2.19. The average molecular weight is 384 g/mol. The standard InChI is InChI=1S/C19H17FN4O4/c1-12-17(19(26)23(22-12)15-7-5-13(20)6-8-15)9-10-18(25)21-14-3-2-4-16(11-14)24(27)28/h2-8,11,22H,9-10H2,1H3,(H,21,25). The van der Waals surface area contributed by atoms with Crippen LogP contribution in [-0.4, -0.2) is 20.6 Å². The first-order valence-corrected chi connectivity index (χ1v) is 8.46. The van der Waals surface area contributed by atoms with Crippen LogP contribution in [0.5, 0.6) is 0 Å². The Hall–Kier alpha value is -3.75. The van der Waals surface area contributed by atoms with Crippen molar-refractivity contribution < 1.29 is 14.1 Å².